The standard InChI is InChI=1S/C10H16N2O3/c13-9(14)8-5-2-6-12(8)10(15)11-7-3-1-4-7/h7-8H,1-6H2,(H,11,15)(H,13,14). The van der Waals surface area contributed by atoms with Crippen LogP contribution in [0.4, 0.5) is 4.79 Å². The summed E-state index contributed by atoms with van der Waals surface area (Å²) < 4.78 is 0. The third-order valence-corrected chi connectivity index (χ3v) is 3.23. The van der Waals surface area contributed by atoms with Crippen LogP contribution in [0, 0.1) is 0 Å². The van der Waals surface area contributed by atoms with Crippen molar-refractivity contribution in [3.8, 4) is 0 Å². The third-order valence-electron chi connectivity index (χ3n) is 3.23. The van der Waals surface area contributed by atoms with Crippen molar-refractivity contribution in [2.24, 2.45) is 0 Å². The maximum absolute atomic E-state index is 11.7. The van der Waals surface area contributed by atoms with Crippen LogP contribution in [0.1, 0.15) is 32.1 Å². The van der Waals surface area contributed by atoms with E-state index in [0.717, 1.165) is 25.7 Å². The minimum absolute atomic E-state index is 0.204. The molecule has 1 heterocycles. The van der Waals surface area contributed by atoms with Gasteiger partial charge in [-0.1, -0.05) is 0 Å². The molecule has 1 unspecified atom stereocenters. The first-order valence-electron chi connectivity index (χ1n) is 5.48. The molecule has 1 atom stereocenters. The summed E-state index contributed by atoms with van der Waals surface area (Å²) in [6, 6.07) is -0.553. The second kappa shape index (κ2) is 4.08. The number of carboxylic acid groups (broad SMARTS) is 1. The maximum Gasteiger partial charge on any atom is 0.326 e. The van der Waals surface area contributed by atoms with E-state index in [0.29, 0.717) is 13.0 Å². The number of hydrogen-bond acceptors (Lipinski definition) is 2. The van der Waals surface area contributed by atoms with Gasteiger partial charge in [0, 0.05) is 12.6 Å². The van der Waals surface area contributed by atoms with Crippen molar-refractivity contribution in [1.82, 2.24) is 10.2 Å². The number of amides is 2. The normalized spacial score (nSPS) is 26.1. The van der Waals surface area contributed by atoms with Crippen LogP contribution in [0.25, 0.3) is 0 Å². The van der Waals surface area contributed by atoms with E-state index in [-0.39, 0.29) is 12.1 Å². The number of hydrogen-bond donors (Lipinski definition) is 2. The van der Waals surface area contributed by atoms with E-state index in [2.05, 4.69) is 5.32 Å². The van der Waals surface area contributed by atoms with Gasteiger partial charge in [-0.3, -0.25) is 0 Å². The Hall–Kier alpha value is -1.26. The van der Waals surface area contributed by atoms with E-state index in [1.807, 2.05) is 0 Å². The Kier molecular flexibility index (Phi) is 2.79. The van der Waals surface area contributed by atoms with Crippen LogP contribution >= 0.6 is 0 Å². The minimum atomic E-state index is -0.892. The molecule has 0 spiro atoms. The number of carboxylic acids is 1. The Balaban J connectivity index is 1.90. The molecule has 2 amide bonds. The molecule has 2 N–H and O–H groups in total. The lowest BCUT2D eigenvalue weighted by atomic mass is 9.93. The van der Waals surface area contributed by atoms with Crippen LogP contribution in [0.2, 0.25) is 0 Å². The van der Waals surface area contributed by atoms with Gasteiger partial charge >= 0.3 is 12.0 Å². The molecule has 2 rings (SSSR count). The fourth-order valence-electron chi connectivity index (χ4n) is 2.08. The van der Waals surface area contributed by atoms with Gasteiger partial charge in [-0.05, 0) is 32.1 Å². The number of likely N-dealkylation sites (tertiary alicyclic amines) is 1. The predicted octanol–water partition coefficient (Wildman–Crippen LogP) is 0.797. The third kappa shape index (κ3) is 2.06. The van der Waals surface area contributed by atoms with Crippen molar-refractivity contribution in [1.29, 1.82) is 0 Å². The highest BCUT2D eigenvalue weighted by molar-refractivity contribution is 5.83. The summed E-state index contributed by atoms with van der Waals surface area (Å²) >= 11 is 0. The largest absolute Gasteiger partial charge is 0.480 e. The lowest BCUT2D eigenvalue weighted by Crippen LogP contribution is -2.50. The Labute approximate surface area is 88.4 Å². The predicted molar refractivity (Wildman–Crippen MR) is 53.5 cm³/mol. The van der Waals surface area contributed by atoms with Gasteiger partial charge in [0.25, 0.3) is 0 Å². The first-order chi connectivity index (χ1) is 7.18. The quantitative estimate of drug-likeness (QED) is 0.711. The number of urea groups is 1. The summed E-state index contributed by atoms with van der Waals surface area (Å²) in [5.41, 5.74) is 0. The second-order valence-electron chi connectivity index (χ2n) is 4.27. The highest BCUT2D eigenvalue weighted by Gasteiger charge is 2.35. The molecule has 1 saturated heterocycles. The average Bonchev–Trinajstić information content (AvgIpc) is 2.59. The van der Waals surface area contributed by atoms with Gasteiger partial charge in [-0.15, -0.1) is 0 Å². The van der Waals surface area contributed by atoms with Crippen LogP contribution in [0.3, 0.4) is 0 Å². The Morgan fingerprint density at radius 1 is 1.20 bits per heavy atom. The minimum Gasteiger partial charge on any atom is -0.480 e. The summed E-state index contributed by atoms with van der Waals surface area (Å²) in [6.45, 7) is 0.565. The van der Waals surface area contributed by atoms with E-state index in [1.165, 1.54) is 4.90 Å². The van der Waals surface area contributed by atoms with Crippen molar-refractivity contribution in [2.45, 2.75) is 44.2 Å². The molecule has 1 aliphatic heterocycles. The molecule has 0 bridgehead atoms. The van der Waals surface area contributed by atoms with Crippen LogP contribution in [0.5, 0.6) is 0 Å². The molecule has 84 valence electrons. The van der Waals surface area contributed by atoms with E-state index in [4.69, 9.17) is 5.11 Å². The van der Waals surface area contributed by atoms with Gasteiger partial charge in [0.15, 0.2) is 0 Å². The zero-order valence-corrected chi connectivity index (χ0v) is 8.61. The molecule has 2 aliphatic rings. The van der Waals surface area contributed by atoms with Crippen molar-refractivity contribution in [2.75, 3.05) is 6.54 Å². The highest BCUT2D eigenvalue weighted by Crippen LogP contribution is 2.21. The van der Waals surface area contributed by atoms with Crippen molar-refractivity contribution in [3.63, 3.8) is 0 Å². The lowest BCUT2D eigenvalue weighted by Gasteiger charge is -2.30. The van der Waals surface area contributed by atoms with E-state index in [1.54, 1.807) is 0 Å². The van der Waals surface area contributed by atoms with Gasteiger partial charge in [0.2, 0.25) is 0 Å². The van der Waals surface area contributed by atoms with Crippen LogP contribution in [0.15, 0.2) is 0 Å². The maximum atomic E-state index is 11.7. The number of aliphatic carboxylic acids is 1. The summed E-state index contributed by atoms with van der Waals surface area (Å²) in [6.07, 6.45) is 4.57. The van der Waals surface area contributed by atoms with Crippen LogP contribution in [-0.2, 0) is 4.79 Å². The molecule has 0 aromatic heterocycles. The molecule has 1 saturated carbocycles. The number of nitrogens with one attached hydrogen (secondary N) is 1. The lowest BCUT2D eigenvalue weighted by molar-refractivity contribution is -0.141. The molecule has 1 aliphatic carbocycles. The van der Waals surface area contributed by atoms with Gasteiger partial charge in [-0.2, -0.15) is 0 Å². The van der Waals surface area contributed by atoms with Crippen molar-refractivity contribution < 1.29 is 14.7 Å². The molecular weight excluding hydrogens is 196 g/mol. The van der Waals surface area contributed by atoms with Gasteiger partial charge in [-0.25, -0.2) is 9.59 Å². The number of carbonyl (C=O) groups excluding carboxylic acids is 1. The Bertz CT molecular complexity index is 276. The fourth-order valence-corrected chi connectivity index (χ4v) is 2.08. The highest BCUT2D eigenvalue weighted by atomic mass is 16.4. The Morgan fingerprint density at radius 2 is 1.93 bits per heavy atom. The second-order valence-corrected chi connectivity index (χ2v) is 4.27. The Morgan fingerprint density at radius 3 is 2.47 bits per heavy atom. The molecule has 15 heavy (non-hydrogen) atoms. The van der Waals surface area contributed by atoms with E-state index >= 15 is 0 Å². The van der Waals surface area contributed by atoms with Gasteiger partial charge in [0.05, 0.1) is 0 Å². The van der Waals surface area contributed by atoms with E-state index in [9.17, 15) is 9.59 Å². The molecule has 0 aromatic rings. The molecule has 5 nitrogen and oxygen atoms in total. The molecule has 2 fully saturated rings. The zero-order chi connectivity index (χ0) is 10.8. The zero-order valence-electron chi connectivity index (χ0n) is 8.61. The fraction of sp³-hybridized carbons (Fsp3) is 0.800. The molecule has 5 heteroatoms. The SMILES string of the molecule is O=C(O)C1CCCN1C(=O)NC1CCC1. The molecular formula is C10H16N2O3. The van der Waals surface area contributed by atoms with Gasteiger partial charge < -0.3 is 15.3 Å². The smallest absolute Gasteiger partial charge is 0.326 e. The first-order valence-corrected chi connectivity index (χ1v) is 5.48. The first kappa shape index (κ1) is 10.3. The summed E-state index contributed by atoms with van der Waals surface area (Å²) in [4.78, 5) is 24.0. The monoisotopic (exact) mass is 212 g/mol. The average molecular weight is 212 g/mol. The summed E-state index contributed by atoms with van der Waals surface area (Å²) in [7, 11) is 0. The molecule has 0 radical (unpaired) electrons. The number of nitrogens with zero attached hydrogens (tertiary/aromatic N) is 1. The van der Waals surface area contributed by atoms with Crippen molar-refractivity contribution in [3.05, 3.63) is 0 Å². The van der Waals surface area contributed by atoms with Crippen LogP contribution in [-0.4, -0.2) is 40.6 Å². The van der Waals surface area contributed by atoms with Gasteiger partial charge in [0.1, 0.15) is 6.04 Å². The van der Waals surface area contributed by atoms with Crippen LogP contribution < -0.4 is 5.32 Å². The summed E-state index contributed by atoms with van der Waals surface area (Å²) in [5, 5.41) is 11.8. The number of rotatable bonds is 2. The molecule has 0 aromatic carbocycles. The topological polar surface area (TPSA) is 69.6 Å². The van der Waals surface area contributed by atoms with E-state index < -0.39 is 12.0 Å². The summed E-state index contributed by atoms with van der Waals surface area (Å²) in [5.74, 6) is -0.892. The number of carbonyl (C=O) groups is 2. The van der Waals surface area contributed by atoms with Crippen molar-refractivity contribution >= 4 is 12.0 Å².